The second kappa shape index (κ2) is 5.05. The van der Waals surface area contributed by atoms with Crippen molar-refractivity contribution in [2.75, 3.05) is 6.79 Å². The maximum absolute atomic E-state index is 12.2. The average molecular weight is 274 g/mol. The molecule has 3 nitrogen and oxygen atoms in total. The highest BCUT2D eigenvalue weighted by Crippen LogP contribution is 2.33. The van der Waals surface area contributed by atoms with Gasteiger partial charge in [-0.25, -0.2) is 0 Å². The number of benzene rings is 1. The van der Waals surface area contributed by atoms with E-state index in [0.29, 0.717) is 23.5 Å². The summed E-state index contributed by atoms with van der Waals surface area (Å²) in [5, 5.41) is 2.07. The minimum atomic E-state index is 0.145. The van der Waals surface area contributed by atoms with E-state index in [9.17, 15) is 4.79 Å². The molecule has 19 heavy (non-hydrogen) atoms. The van der Waals surface area contributed by atoms with Crippen molar-refractivity contribution in [3.05, 3.63) is 45.6 Å². The number of hydrogen-bond donors (Lipinski definition) is 0. The van der Waals surface area contributed by atoms with Crippen LogP contribution in [0, 0.1) is 6.92 Å². The van der Waals surface area contributed by atoms with Crippen LogP contribution in [0.15, 0.2) is 29.6 Å². The SMILES string of the molecule is Cc1ccsc1CCC(=O)c1ccc2c(c1)OCO2. The highest BCUT2D eigenvalue weighted by molar-refractivity contribution is 7.10. The second-order valence-corrected chi connectivity index (χ2v) is 5.52. The van der Waals surface area contributed by atoms with Crippen molar-refractivity contribution >= 4 is 17.1 Å². The van der Waals surface area contributed by atoms with Gasteiger partial charge in [0.1, 0.15) is 0 Å². The number of fused-ring (bicyclic) bond motifs is 1. The van der Waals surface area contributed by atoms with E-state index >= 15 is 0 Å². The fraction of sp³-hybridized carbons (Fsp3) is 0.267. The van der Waals surface area contributed by atoms with Crippen LogP contribution in [0.3, 0.4) is 0 Å². The molecule has 0 saturated carbocycles. The van der Waals surface area contributed by atoms with Gasteiger partial charge in [-0.15, -0.1) is 11.3 Å². The first kappa shape index (κ1) is 12.2. The van der Waals surface area contributed by atoms with Crippen LogP contribution in [-0.2, 0) is 6.42 Å². The van der Waals surface area contributed by atoms with Crippen LogP contribution in [0.4, 0.5) is 0 Å². The summed E-state index contributed by atoms with van der Waals surface area (Å²) in [7, 11) is 0. The molecule has 2 heterocycles. The highest BCUT2D eigenvalue weighted by atomic mass is 32.1. The number of hydrogen-bond acceptors (Lipinski definition) is 4. The van der Waals surface area contributed by atoms with Gasteiger partial charge in [0.25, 0.3) is 0 Å². The van der Waals surface area contributed by atoms with Gasteiger partial charge in [0.2, 0.25) is 6.79 Å². The molecule has 3 rings (SSSR count). The Balaban J connectivity index is 1.69. The van der Waals surface area contributed by atoms with Crippen molar-refractivity contribution in [3.8, 4) is 11.5 Å². The van der Waals surface area contributed by atoms with Gasteiger partial charge < -0.3 is 9.47 Å². The van der Waals surface area contributed by atoms with Crippen molar-refractivity contribution in [2.24, 2.45) is 0 Å². The van der Waals surface area contributed by atoms with Crippen LogP contribution in [0.2, 0.25) is 0 Å². The smallest absolute Gasteiger partial charge is 0.231 e. The standard InChI is InChI=1S/C15H14O3S/c1-10-6-7-19-15(10)5-3-12(16)11-2-4-13-14(8-11)18-9-17-13/h2,4,6-8H,3,5,9H2,1H3. The molecule has 1 aromatic heterocycles. The van der Waals surface area contributed by atoms with Gasteiger partial charge in [0.15, 0.2) is 17.3 Å². The van der Waals surface area contributed by atoms with Crippen LogP contribution in [0.25, 0.3) is 0 Å². The van der Waals surface area contributed by atoms with E-state index in [1.807, 2.05) is 0 Å². The second-order valence-electron chi connectivity index (χ2n) is 4.52. The number of Topliss-reactive ketones (excluding diaryl/α,β-unsaturated/α-hetero) is 1. The van der Waals surface area contributed by atoms with E-state index in [4.69, 9.17) is 9.47 Å². The Kier molecular flexibility index (Phi) is 3.25. The van der Waals surface area contributed by atoms with Crippen molar-refractivity contribution < 1.29 is 14.3 Å². The monoisotopic (exact) mass is 274 g/mol. The molecule has 4 heteroatoms. The lowest BCUT2D eigenvalue weighted by Crippen LogP contribution is -2.01. The quantitative estimate of drug-likeness (QED) is 0.799. The third-order valence-corrected chi connectivity index (χ3v) is 4.32. The zero-order valence-corrected chi connectivity index (χ0v) is 11.5. The average Bonchev–Trinajstić information content (AvgIpc) is 3.03. The fourth-order valence-electron chi connectivity index (χ4n) is 2.10. The van der Waals surface area contributed by atoms with E-state index in [1.54, 1.807) is 29.5 Å². The molecule has 1 aliphatic rings. The number of aryl methyl sites for hydroxylation is 2. The Morgan fingerprint density at radius 1 is 1.26 bits per heavy atom. The van der Waals surface area contributed by atoms with Crippen LogP contribution < -0.4 is 9.47 Å². The Morgan fingerprint density at radius 2 is 2.11 bits per heavy atom. The number of rotatable bonds is 4. The van der Waals surface area contributed by atoms with Gasteiger partial charge >= 0.3 is 0 Å². The minimum Gasteiger partial charge on any atom is -0.454 e. The van der Waals surface area contributed by atoms with Gasteiger partial charge in [0.05, 0.1) is 0 Å². The summed E-state index contributed by atoms with van der Waals surface area (Å²) in [5.41, 5.74) is 1.96. The molecule has 0 aliphatic carbocycles. The Bertz CT molecular complexity index is 616. The molecule has 0 fully saturated rings. The predicted molar refractivity (Wildman–Crippen MR) is 74.3 cm³/mol. The summed E-state index contributed by atoms with van der Waals surface area (Å²) in [5.74, 6) is 1.52. The minimum absolute atomic E-state index is 0.145. The molecule has 1 aromatic carbocycles. The summed E-state index contributed by atoms with van der Waals surface area (Å²) >= 11 is 1.71. The van der Waals surface area contributed by atoms with E-state index in [1.165, 1.54) is 10.4 Å². The lowest BCUT2D eigenvalue weighted by Gasteiger charge is -2.03. The first-order valence-electron chi connectivity index (χ1n) is 6.20. The van der Waals surface area contributed by atoms with Gasteiger partial charge in [0, 0.05) is 16.9 Å². The van der Waals surface area contributed by atoms with Crippen LogP contribution in [-0.4, -0.2) is 12.6 Å². The summed E-state index contributed by atoms with van der Waals surface area (Å²) in [6, 6.07) is 7.46. The van der Waals surface area contributed by atoms with Crippen molar-refractivity contribution in [3.63, 3.8) is 0 Å². The molecule has 0 amide bonds. The lowest BCUT2D eigenvalue weighted by molar-refractivity contribution is 0.0982. The van der Waals surface area contributed by atoms with Gasteiger partial charge in [-0.05, 0) is 48.6 Å². The van der Waals surface area contributed by atoms with Gasteiger partial charge in [-0.2, -0.15) is 0 Å². The number of thiophene rings is 1. The molecule has 0 saturated heterocycles. The zero-order chi connectivity index (χ0) is 13.2. The molecule has 2 aromatic rings. The number of carbonyl (C=O) groups is 1. The Hall–Kier alpha value is -1.81. The maximum Gasteiger partial charge on any atom is 0.231 e. The first-order valence-corrected chi connectivity index (χ1v) is 7.08. The maximum atomic E-state index is 12.2. The van der Waals surface area contributed by atoms with E-state index in [0.717, 1.165) is 6.42 Å². The van der Waals surface area contributed by atoms with Crippen molar-refractivity contribution in [1.29, 1.82) is 0 Å². The molecular formula is C15H14O3S. The first-order chi connectivity index (χ1) is 9.24. The lowest BCUT2D eigenvalue weighted by atomic mass is 10.0. The summed E-state index contributed by atoms with van der Waals surface area (Å²) < 4.78 is 10.5. The molecule has 0 unspecified atom stereocenters. The molecule has 0 atom stereocenters. The van der Waals surface area contributed by atoms with Crippen LogP contribution in [0.1, 0.15) is 27.2 Å². The molecule has 0 spiro atoms. The number of ketones is 1. The predicted octanol–water partition coefficient (Wildman–Crippen LogP) is 3.60. The van der Waals surface area contributed by atoms with Crippen LogP contribution >= 0.6 is 11.3 Å². The Labute approximate surface area is 115 Å². The largest absolute Gasteiger partial charge is 0.454 e. The number of ether oxygens (including phenoxy) is 2. The van der Waals surface area contributed by atoms with Crippen LogP contribution in [0.5, 0.6) is 11.5 Å². The third kappa shape index (κ3) is 2.49. The third-order valence-electron chi connectivity index (χ3n) is 3.24. The van der Waals surface area contributed by atoms with Gasteiger partial charge in [-0.3, -0.25) is 4.79 Å². The molecule has 0 radical (unpaired) electrons. The normalized spacial score (nSPS) is 12.7. The van der Waals surface area contributed by atoms with E-state index in [2.05, 4.69) is 18.4 Å². The van der Waals surface area contributed by atoms with Gasteiger partial charge in [-0.1, -0.05) is 0 Å². The fourth-order valence-corrected chi connectivity index (χ4v) is 3.01. The molecule has 0 N–H and O–H groups in total. The highest BCUT2D eigenvalue weighted by Gasteiger charge is 2.16. The number of carbonyl (C=O) groups excluding carboxylic acids is 1. The van der Waals surface area contributed by atoms with E-state index < -0.39 is 0 Å². The molecule has 1 aliphatic heterocycles. The Morgan fingerprint density at radius 3 is 2.89 bits per heavy atom. The molecular weight excluding hydrogens is 260 g/mol. The summed E-state index contributed by atoms with van der Waals surface area (Å²) in [4.78, 5) is 13.4. The van der Waals surface area contributed by atoms with Crippen molar-refractivity contribution in [1.82, 2.24) is 0 Å². The molecule has 0 bridgehead atoms. The topological polar surface area (TPSA) is 35.5 Å². The zero-order valence-electron chi connectivity index (χ0n) is 10.6. The van der Waals surface area contributed by atoms with Crippen molar-refractivity contribution in [2.45, 2.75) is 19.8 Å². The molecule has 98 valence electrons. The summed E-state index contributed by atoms with van der Waals surface area (Å²) in [6.07, 6.45) is 1.33. The summed E-state index contributed by atoms with van der Waals surface area (Å²) in [6.45, 7) is 2.32. The van der Waals surface area contributed by atoms with E-state index in [-0.39, 0.29) is 12.6 Å².